The number of carbonyl (C=O) groups is 2. The molecule has 11 heteroatoms. The molecule has 41 heavy (non-hydrogen) atoms. The van der Waals surface area contributed by atoms with Crippen LogP contribution in [0, 0.1) is 11.7 Å². The zero-order chi connectivity index (χ0) is 29.8. The van der Waals surface area contributed by atoms with Gasteiger partial charge in [-0.2, -0.15) is 0 Å². The second kappa shape index (κ2) is 12.9. The number of aliphatic hydroxyl groups excluding tert-OH is 1. The predicted octanol–water partition coefficient (Wildman–Crippen LogP) is 5.31. The lowest BCUT2D eigenvalue weighted by atomic mass is 9.96. The summed E-state index contributed by atoms with van der Waals surface area (Å²) < 4.78 is 21.7. The number of carboxylic acid groups (broad SMARTS) is 1. The van der Waals surface area contributed by atoms with Crippen LogP contribution in [-0.4, -0.2) is 64.1 Å². The van der Waals surface area contributed by atoms with Crippen molar-refractivity contribution in [3.8, 4) is 0 Å². The lowest BCUT2D eigenvalue weighted by Crippen LogP contribution is -2.42. The van der Waals surface area contributed by atoms with Gasteiger partial charge in [0.15, 0.2) is 0 Å². The number of piperidine rings is 1. The molecule has 3 aromatic rings. The second-order valence-electron chi connectivity index (χ2n) is 10.6. The topological polar surface area (TPSA) is 121 Å². The molecule has 0 saturated carbocycles. The lowest BCUT2D eigenvalue weighted by molar-refractivity contribution is 0.0693. The molecule has 9 nitrogen and oxygen atoms in total. The quantitative estimate of drug-likeness (QED) is 0.310. The van der Waals surface area contributed by atoms with Crippen molar-refractivity contribution >= 4 is 40.3 Å². The number of aromatic carboxylic acids is 1. The maximum absolute atomic E-state index is 15.0. The molecule has 0 aliphatic carbocycles. The molecule has 0 bridgehead atoms. The van der Waals surface area contributed by atoms with Gasteiger partial charge in [0.1, 0.15) is 11.4 Å². The average molecular weight is 588 g/mol. The van der Waals surface area contributed by atoms with E-state index in [0.717, 1.165) is 0 Å². The molecule has 0 spiro atoms. The zero-order valence-corrected chi connectivity index (χ0v) is 24.1. The van der Waals surface area contributed by atoms with Gasteiger partial charge < -0.3 is 29.7 Å². The molecular formula is C30H35ClFN3O6. The summed E-state index contributed by atoms with van der Waals surface area (Å²) in [4.78, 5) is 39.2. The summed E-state index contributed by atoms with van der Waals surface area (Å²) >= 11 is 6.04. The van der Waals surface area contributed by atoms with Crippen molar-refractivity contribution in [1.29, 1.82) is 0 Å². The Hall–Kier alpha value is -3.63. The Morgan fingerprint density at radius 2 is 1.90 bits per heavy atom. The molecule has 0 unspecified atom stereocenters. The van der Waals surface area contributed by atoms with Gasteiger partial charge in [0, 0.05) is 42.8 Å². The fraction of sp³-hybridized carbons (Fsp3) is 0.433. The van der Waals surface area contributed by atoms with Gasteiger partial charge in [-0.1, -0.05) is 37.6 Å². The number of likely N-dealkylation sites (tertiary alicyclic amines) is 1. The molecule has 0 radical (unpaired) electrons. The van der Waals surface area contributed by atoms with Crippen molar-refractivity contribution in [2.75, 3.05) is 31.6 Å². The highest BCUT2D eigenvalue weighted by Gasteiger charge is 2.26. The molecule has 220 valence electrons. The first kappa shape index (κ1) is 30.3. The van der Waals surface area contributed by atoms with Crippen LogP contribution in [-0.2, 0) is 11.2 Å². The first-order chi connectivity index (χ1) is 19.5. The van der Waals surface area contributed by atoms with E-state index in [-0.39, 0.29) is 41.5 Å². The van der Waals surface area contributed by atoms with Crippen LogP contribution in [0.2, 0.25) is 5.02 Å². The number of hydrogen-bond acceptors (Lipinski definition) is 6. The molecule has 1 atom stereocenters. The largest absolute Gasteiger partial charge is 0.477 e. The summed E-state index contributed by atoms with van der Waals surface area (Å²) in [6, 6.07) is 7.56. The van der Waals surface area contributed by atoms with E-state index in [1.807, 2.05) is 13.8 Å². The number of aliphatic hydroxyl groups is 1. The number of amides is 1. The van der Waals surface area contributed by atoms with Crippen molar-refractivity contribution in [3.05, 3.63) is 74.3 Å². The third kappa shape index (κ3) is 6.49. The van der Waals surface area contributed by atoms with E-state index in [1.54, 1.807) is 40.7 Å². The van der Waals surface area contributed by atoms with Crippen LogP contribution >= 0.6 is 11.6 Å². The predicted molar refractivity (Wildman–Crippen MR) is 156 cm³/mol. The van der Waals surface area contributed by atoms with Crippen LogP contribution in [0.3, 0.4) is 0 Å². The number of benzene rings is 2. The lowest BCUT2D eigenvalue weighted by Gasteiger charge is -2.33. The SMILES string of the molecule is CCOC(=O)N1CCC(Nc2cc3c(cc2Cc2cccc(Cl)c2F)c(=O)c(C(=O)O)cn3[C@H](CO)C(C)C)CC1. The van der Waals surface area contributed by atoms with Crippen LogP contribution in [0.5, 0.6) is 0 Å². The first-order valence-corrected chi connectivity index (χ1v) is 14.1. The van der Waals surface area contributed by atoms with Gasteiger partial charge >= 0.3 is 12.1 Å². The summed E-state index contributed by atoms with van der Waals surface area (Å²) in [5.41, 5.74) is 0.928. The number of anilines is 1. The molecular weight excluding hydrogens is 553 g/mol. The smallest absolute Gasteiger partial charge is 0.409 e. The number of hydrogen-bond donors (Lipinski definition) is 3. The molecule has 1 aromatic heterocycles. The number of fused-ring (bicyclic) bond motifs is 1. The van der Waals surface area contributed by atoms with Crippen LogP contribution < -0.4 is 10.7 Å². The van der Waals surface area contributed by atoms with Gasteiger partial charge in [-0.05, 0) is 55.0 Å². The van der Waals surface area contributed by atoms with E-state index in [2.05, 4.69) is 5.32 Å². The van der Waals surface area contributed by atoms with Crippen molar-refractivity contribution < 1.29 is 28.9 Å². The number of rotatable bonds is 9. The fourth-order valence-corrected chi connectivity index (χ4v) is 5.49. The van der Waals surface area contributed by atoms with E-state index >= 15 is 0 Å². The molecule has 1 fully saturated rings. The van der Waals surface area contributed by atoms with Gasteiger partial charge in [-0.15, -0.1) is 0 Å². The van der Waals surface area contributed by atoms with Crippen LogP contribution in [0.25, 0.3) is 10.9 Å². The molecule has 1 saturated heterocycles. The van der Waals surface area contributed by atoms with E-state index in [1.165, 1.54) is 12.3 Å². The third-order valence-electron chi connectivity index (χ3n) is 7.59. The number of ether oxygens (including phenoxy) is 1. The second-order valence-corrected chi connectivity index (χ2v) is 11.0. The molecule has 2 aromatic carbocycles. The maximum atomic E-state index is 15.0. The number of nitrogens with one attached hydrogen (secondary N) is 1. The first-order valence-electron chi connectivity index (χ1n) is 13.7. The van der Waals surface area contributed by atoms with E-state index < -0.39 is 28.8 Å². The third-order valence-corrected chi connectivity index (χ3v) is 7.89. The highest BCUT2D eigenvalue weighted by molar-refractivity contribution is 6.30. The van der Waals surface area contributed by atoms with Gasteiger partial charge in [0.25, 0.3) is 0 Å². The molecule has 2 heterocycles. The number of carbonyl (C=O) groups excluding carboxylic acids is 1. The molecule has 3 N–H and O–H groups in total. The number of carboxylic acids is 1. The number of halogens is 2. The van der Waals surface area contributed by atoms with Crippen molar-refractivity contribution in [2.24, 2.45) is 5.92 Å². The normalized spacial score (nSPS) is 14.9. The average Bonchev–Trinajstić information content (AvgIpc) is 2.93. The molecule has 1 aliphatic rings. The summed E-state index contributed by atoms with van der Waals surface area (Å²) in [6.45, 7) is 6.59. The number of nitrogens with zero attached hydrogens (tertiary/aromatic N) is 2. The number of aromatic nitrogens is 1. The van der Waals surface area contributed by atoms with Gasteiger partial charge in [-0.3, -0.25) is 4.79 Å². The molecule has 1 amide bonds. The summed E-state index contributed by atoms with van der Waals surface area (Å²) in [5.74, 6) is -2.01. The van der Waals surface area contributed by atoms with Crippen LogP contribution in [0.4, 0.5) is 14.9 Å². The van der Waals surface area contributed by atoms with Crippen LogP contribution in [0.1, 0.15) is 61.1 Å². The number of pyridine rings is 1. The Bertz CT molecular complexity index is 1500. The maximum Gasteiger partial charge on any atom is 0.409 e. The highest BCUT2D eigenvalue weighted by atomic mass is 35.5. The van der Waals surface area contributed by atoms with Crippen molar-refractivity contribution in [1.82, 2.24) is 9.47 Å². The summed E-state index contributed by atoms with van der Waals surface area (Å²) in [5, 5.41) is 23.6. The van der Waals surface area contributed by atoms with Gasteiger partial charge in [0.2, 0.25) is 5.43 Å². The fourth-order valence-electron chi connectivity index (χ4n) is 5.30. The minimum atomic E-state index is -1.37. The van der Waals surface area contributed by atoms with E-state index in [4.69, 9.17) is 16.3 Å². The van der Waals surface area contributed by atoms with Crippen molar-refractivity contribution in [3.63, 3.8) is 0 Å². The molecule has 1 aliphatic heterocycles. The molecule has 4 rings (SSSR count). The monoisotopic (exact) mass is 587 g/mol. The van der Waals surface area contributed by atoms with Gasteiger partial charge in [0.05, 0.1) is 29.8 Å². The highest BCUT2D eigenvalue weighted by Crippen LogP contribution is 2.32. The zero-order valence-electron chi connectivity index (χ0n) is 23.3. The Labute approximate surface area is 242 Å². The van der Waals surface area contributed by atoms with Crippen molar-refractivity contribution in [2.45, 2.75) is 52.1 Å². The van der Waals surface area contributed by atoms with E-state index in [0.29, 0.717) is 54.9 Å². The Kier molecular flexibility index (Phi) is 9.55. The summed E-state index contributed by atoms with van der Waals surface area (Å²) in [7, 11) is 0. The minimum absolute atomic E-state index is 0.0256. The Balaban J connectivity index is 1.84. The van der Waals surface area contributed by atoms with E-state index in [9.17, 15) is 29.0 Å². The van der Waals surface area contributed by atoms with Crippen LogP contribution in [0.15, 0.2) is 41.3 Å². The van der Waals surface area contributed by atoms with Gasteiger partial charge in [-0.25, -0.2) is 14.0 Å². The minimum Gasteiger partial charge on any atom is -0.477 e. The summed E-state index contributed by atoms with van der Waals surface area (Å²) in [6.07, 6.45) is 2.30. The Morgan fingerprint density at radius 1 is 1.20 bits per heavy atom. The standard InChI is InChI=1S/C30H35ClFN3O6/c1-4-41-30(40)34-10-8-20(9-11-34)33-24-14-25-21(13-19(24)12-18-6-5-7-23(31)27(18)32)28(37)22(29(38)39)15-35(25)26(16-36)17(2)3/h5-7,13-15,17,20,26,33,36H,4,8-12,16H2,1-3H3,(H,38,39)/t26-/m1/s1. The Morgan fingerprint density at radius 3 is 2.51 bits per heavy atom.